The molecule has 4 heterocycles. The van der Waals surface area contributed by atoms with E-state index < -0.39 is 0 Å². The number of pyridine rings is 1. The third-order valence-corrected chi connectivity index (χ3v) is 9.43. The van der Waals surface area contributed by atoms with Crippen molar-refractivity contribution >= 4 is 43.9 Å². The number of aromatic nitrogens is 3. The summed E-state index contributed by atoms with van der Waals surface area (Å²) in [6.45, 7) is 0. The van der Waals surface area contributed by atoms with E-state index in [-0.39, 0.29) is 0 Å². The number of rotatable bonds is 5. The normalized spacial score (nSPS) is 11.6. The zero-order valence-electron chi connectivity index (χ0n) is 26.7. The van der Waals surface area contributed by atoms with E-state index in [1.54, 1.807) is 6.20 Å². The van der Waals surface area contributed by atoms with Gasteiger partial charge in [-0.05, 0) is 64.7 Å². The van der Waals surface area contributed by atoms with Crippen LogP contribution in [0, 0.1) is 0 Å². The highest BCUT2D eigenvalue weighted by molar-refractivity contribution is 6.17. The quantitative estimate of drug-likeness (QED) is 0.187. The van der Waals surface area contributed by atoms with E-state index in [0.29, 0.717) is 5.82 Å². The van der Waals surface area contributed by atoms with Crippen molar-refractivity contribution in [1.82, 2.24) is 15.0 Å². The highest BCUT2D eigenvalue weighted by Crippen LogP contribution is 2.43. The molecule has 10 rings (SSSR count). The van der Waals surface area contributed by atoms with Crippen LogP contribution in [0.3, 0.4) is 0 Å². The molecule has 0 fully saturated rings. The number of hydrogen-bond acceptors (Lipinski definition) is 5. The summed E-state index contributed by atoms with van der Waals surface area (Å²) in [7, 11) is 0. The van der Waals surface area contributed by atoms with Crippen LogP contribution in [0.1, 0.15) is 0 Å². The van der Waals surface area contributed by atoms with Crippen LogP contribution in [0.5, 0.6) is 0 Å². The van der Waals surface area contributed by atoms with Crippen molar-refractivity contribution in [2.45, 2.75) is 0 Å². The molecule has 0 aliphatic rings. The standard InChI is InChI=1S/C45H27N3O2/c1-2-9-29(10-3-1)38-26-39(48-45(47-38)30-18-16-28(17-19-30)32-11-8-24-46-27-32)36-23-22-33(43-37-13-5-7-15-41(37)50-44(36)43)31-20-21-35-34-12-4-6-14-40(34)49-42(35)25-31/h1-27H. The second-order valence-corrected chi connectivity index (χ2v) is 12.4. The lowest BCUT2D eigenvalue weighted by Gasteiger charge is -2.12. The SMILES string of the molecule is c1ccc(-c2cc(-c3ccc(-c4ccc5c(c4)oc4ccccc45)c4c3oc3ccccc34)nc(-c3ccc(-c4cccnc4)cc3)n2)cc1. The molecular weight excluding hydrogens is 615 g/mol. The van der Waals surface area contributed by atoms with Crippen LogP contribution < -0.4 is 0 Å². The van der Waals surface area contributed by atoms with Gasteiger partial charge in [-0.3, -0.25) is 4.98 Å². The van der Waals surface area contributed by atoms with E-state index in [1.165, 1.54) is 0 Å². The average molecular weight is 642 g/mol. The summed E-state index contributed by atoms with van der Waals surface area (Å²) < 4.78 is 13.0. The molecule has 234 valence electrons. The number of para-hydroxylation sites is 2. The van der Waals surface area contributed by atoms with Crippen LogP contribution in [0.4, 0.5) is 0 Å². The fourth-order valence-electron chi connectivity index (χ4n) is 6.98. The van der Waals surface area contributed by atoms with E-state index >= 15 is 0 Å². The Hall–Kier alpha value is -6.85. The Morgan fingerprint density at radius 2 is 1.06 bits per heavy atom. The lowest BCUT2D eigenvalue weighted by Crippen LogP contribution is -1.96. The largest absolute Gasteiger partial charge is 0.456 e. The first-order valence-corrected chi connectivity index (χ1v) is 16.6. The summed E-state index contributed by atoms with van der Waals surface area (Å²) in [5.74, 6) is 0.641. The van der Waals surface area contributed by atoms with E-state index in [9.17, 15) is 0 Å². The molecule has 0 amide bonds. The molecule has 10 aromatic rings. The molecule has 0 unspecified atom stereocenters. The molecule has 0 aliphatic carbocycles. The molecule has 4 aromatic heterocycles. The van der Waals surface area contributed by atoms with Gasteiger partial charge in [-0.1, -0.05) is 109 Å². The molecule has 0 N–H and O–H groups in total. The molecule has 0 spiro atoms. The third kappa shape index (κ3) is 4.67. The zero-order chi connectivity index (χ0) is 33.0. The lowest BCUT2D eigenvalue weighted by atomic mass is 9.95. The maximum atomic E-state index is 6.70. The fraction of sp³-hybridized carbons (Fsp3) is 0. The zero-order valence-corrected chi connectivity index (χ0v) is 26.7. The number of nitrogens with zero attached hydrogens (tertiary/aromatic N) is 3. The second-order valence-electron chi connectivity index (χ2n) is 12.4. The van der Waals surface area contributed by atoms with Crippen LogP contribution in [0.2, 0.25) is 0 Å². The van der Waals surface area contributed by atoms with Crippen molar-refractivity contribution in [3.63, 3.8) is 0 Å². The molecule has 0 radical (unpaired) electrons. The Bertz CT molecular complexity index is 2850. The number of furan rings is 2. The predicted molar refractivity (Wildman–Crippen MR) is 202 cm³/mol. The summed E-state index contributed by atoms with van der Waals surface area (Å²) in [6.07, 6.45) is 3.66. The van der Waals surface area contributed by atoms with E-state index in [1.807, 2.05) is 60.8 Å². The molecule has 0 bridgehead atoms. The minimum absolute atomic E-state index is 0.641. The first kappa shape index (κ1) is 28.2. The molecule has 50 heavy (non-hydrogen) atoms. The summed E-state index contributed by atoms with van der Waals surface area (Å²) in [5.41, 5.74) is 12.1. The van der Waals surface area contributed by atoms with Gasteiger partial charge in [0.1, 0.15) is 22.3 Å². The van der Waals surface area contributed by atoms with Gasteiger partial charge in [0.25, 0.3) is 0 Å². The molecule has 5 nitrogen and oxygen atoms in total. The van der Waals surface area contributed by atoms with E-state index in [2.05, 4.69) is 102 Å². The van der Waals surface area contributed by atoms with E-state index in [0.717, 1.165) is 94.2 Å². The molecule has 0 saturated heterocycles. The monoisotopic (exact) mass is 641 g/mol. The van der Waals surface area contributed by atoms with Crippen LogP contribution >= 0.6 is 0 Å². The van der Waals surface area contributed by atoms with Gasteiger partial charge in [0.05, 0.1) is 11.4 Å². The summed E-state index contributed by atoms with van der Waals surface area (Å²) in [4.78, 5) is 14.5. The topological polar surface area (TPSA) is 65.0 Å². The molecule has 0 atom stereocenters. The summed E-state index contributed by atoms with van der Waals surface area (Å²) in [5, 5.41) is 4.30. The summed E-state index contributed by atoms with van der Waals surface area (Å²) in [6, 6.07) is 51.8. The van der Waals surface area contributed by atoms with Crippen molar-refractivity contribution < 1.29 is 8.83 Å². The fourth-order valence-corrected chi connectivity index (χ4v) is 6.98. The third-order valence-electron chi connectivity index (χ3n) is 9.43. The minimum atomic E-state index is 0.641. The average Bonchev–Trinajstić information content (AvgIpc) is 3.77. The Morgan fingerprint density at radius 1 is 0.400 bits per heavy atom. The van der Waals surface area contributed by atoms with Crippen LogP contribution in [0.15, 0.2) is 173 Å². The maximum absolute atomic E-state index is 6.70. The number of fused-ring (bicyclic) bond motifs is 6. The van der Waals surface area contributed by atoms with Crippen LogP contribution in [0.25, 0.3) is 100 Å². The highest BCUT2D eigenvalue weighted by Gasteiger charge is 2.20. The number of benzene rings is 6. The van der Waals surface area contributed by atoms with Crippen LogP contribution in [-0.2, 0) is 0 Å². The van der Waals surface area contributed by atoms with Gasteiger partial charge in [0.2, 0.25) is 0 Å². The van der Waals surface area contributed by atoms with Crippen molar-refractivity contribution in [1.29, 1.82) is 0 Å². The minimum Gasteiger partial charge on any atom is -0.456 e. The maximum Gasteiger partial charge on any atom is 0.160 e. The summed E-state index contributed by atoms with van der Waals surface area (Å²) >= 11 is 0. The Morgan fingerprint density at radius 3 is 1.88 bits per heavy atom. The Labute approximate surface area is 287 Å². The lowest BCUT2D eigenvalue weighted by molar-refractivity contribution is 0.668. The Balaban J connectivity index is 1.17. The van der Waals surface area contributed by atoms with Gasteiger partial charge in [-0.25, -0.2) is 9.97 Å². The predicted octanol–water partition coefficient (Wildman–Crippen LogP) is 12.0. The molecular formula is C45H27N3O2. The van der Waals surface area contributed by atoms with Crippen LogP contribution in [-0.4, -0.2) is 15.0 Å². The van der Waals surface area contributed by atoms with Crippen molar-refractivity contribution in [2.75, 3.05) is 0 Å². The smallest absolute Gasteiger partial charge is 0.160 e. The van der Waals surface area contributed by atoms with Crippen molar-refractivity contribution in [3.8, 4) is 56.2 Å². The first-order chi connectivity index (χ1) is 24.8. The van der Waals surface area contributed by atoms with Gasteiger partial charge >= 0.3 is 0 Å². The van der Waals surface area contributed by atoms with Gasteiger partial charge in [-0.2, -0.15) is 0 Å². The Kier molecular flexibility index (Phi) is 6.42. The van der Waals surface area contributed by atoms with E-state index in [4.69, 9.17) is 18.8 Å². The van der Waals surface area contributed by atoms with Crippen molar-refractivity contribution in [2.24, 2.45) is 0 Å². The first-order valence-electron chi connectivity index (χ1n) is 16.6. The second kappa shape index (κ2) is 11.4. The molecule has 0 aliphatic heterocycles. The molecule has 5 heteroatoms. The molecule has 6 aromatic carbocycles. The van der Waals surface area contributed by atoms with Crippen molar-refractivity contribution in [3.05, 3.63) is 164 Å². The van der Waals surface area contributed by atoms with Gasteiger partial charge in [0.15, 0.2) is 5.82 Å². The van der Waals surface area contributed by atoms with Gasteiger partial charge < -0.3 is 8.83 Å². The number of hydrogen-bond donors (Lipinski definition) is 0. The molecule has 0 saturated carbocycles. The van der Waals surface area contributed by atoms with Gasteiger partial charge in [0, 0.05) is 50.6 Å². The highest BCUT2D eigenvalue weighted by atomic mass is 16.3. The van der Waals surface area contributed by atoms with Gasteiger partial charge in [-0.15, -0.1) is 0 Å².